The van der Waals surface area contributed by atoms with Crippen molar-refractivity contribution in [3.63, 3.8) is 0 Å². The number of aromatic nitrogens is 2. The van der Waals surface area contributed by atoms with Crippen LogP contribution in [-0.4, -0.2) is 16.0 Å². The second-order valence-corrected chi connectivity index (χ2v) is 5.21. The maximum atomic E-state index is 4.35. The van der Waals surface area contributed by atoms with Crippen molar-refractivity contribution in [3.05, 3.63) is 24.3 Å². The number of nitrogens with zero attached hydrogens (tertiary/aromatic N) is 2. The molecule has 0 amide bonds. The Balaban J connectivity index is 1.87. The Kier molecular flexibility index (Phi) is 4.49. The Hall–Kier alpha value is -0.960. The Labute approximate surface area is 104 Å². The predicted octanol–water partition coefficient (Wildman–Crippen LogP) is 3.10. The molecule has 1 saturated carbocycles. The minimum Gasteiger partial charge on any atom is -0.306 e. The van der Waals surface area contributed by atoms with Gasteiger partial charge in [-0.05, 0) is 32.6 Å². The Morgan fingerprint density at radius 1 is 1.18 bits per heavy atom. The van der Waals surface area contributed by atoms with Crippen LogP contribution in [0, 0.1) is 5.92 Å². The van der Waals surface area contributed by atoms with Crippen molar-refractivity contribution in [2.45, 2.75) is 58.0 Å². The minimum absolute atomic E-state index is 0.292. The molecule has 0 bridgehead atoms. The lowest BCUT2D eigenvalue weighted by atomic mass is 9.84. The summed E-state index contributed by atoms with van der Waals surface area (Å²) < 4.78 is 0. The molecule has 2 atom stereocenters. The highest BCUT2D eigenvalue weighted by molar-refractivity contribution is 5.01. The fraction of sp³-hybridized carbons (Fsp3) is 0.714. The van der Waals surface area contributed by atoms with Gasteiger partial charge in [-0.3, -0.25) is 9.97 Å². The number of hydrogen-bond acceptors (Lipinski definition) is 3. The molecule has 1 heterocycles. The summed E-state index contributed by atoms with van der Waals surface area (Å²) in [4.78, 5) is 8.47. The fourth-order valence-electron chi connectivity index (χ4n) is 2.78. The van der Waals surface area contributed by atoms with Gasteiger partial charge in [0.25, 0.3) is 0 Å². The second kappa shape index (κ2) is 6.10. The van der Waals surface area contributed by atoms with Crippen molar-refractivity contribution in [1.29, 1.82) is 0 Å². The SMILES string of the molecule is CC(N[C@@H](C)C1CCCCC1)c1cnccn1. The smallest absolute Gasteiger partial charge is 0.0753 e. The van der Waals surface area contributed by atoms with E-state index < -0.39 is 0 Å². The summed E-state index contributed by atoms with van der Waals surface area (Å²) in [5.74, 6) is 0.836. The van der Waals surface area contributed by atoms with Crippen molar-refractivity contribution < 1.29 is 0 Å². The molecule has 1 N–H and O–H groups in total. The van der Waals surface area contributed by atoms with Gasteiger partial charge in [0.1, 0.15) is 0 Å². The van der Waals surface area contributed by atoms with E-state index in [1.807, 2.05) is 6.20 Å². The van der Waals surface area contributed by atoms with Crippen LogP contribution in [0.25, 0.3) is 0 Å². The van der Waals surface area contributed by atoms with Crippen LogP contribution in [0.3, 0.4) is 0 Å². The monoisotopic (exact) mass is 233 g/mol. The molecular weight excluding hydrogens is 210 g/mol. The summed E-state index contributed by atoms with van der Waals surface area (Å²) in [6.45, 7) is 4.48. The van der Waals surface area contributed by atoms with Crippen molar-refractivity contribution in [2.75, 3.05) is 0 Å². The molecule has 94 valence electrons. The minimum atomic E-state index is 0.292. The van der Waals surface area contributed by atoms with E-state index in [1.165, 1.54) is 32.1 Å². The van der Waals surface area contributed by atoms with Gasteiger partial charge in [0.15, 0.2) is 0 Å². The number of rotatable bonds is 4. The molecule has 0 aromatic carbocycles. The molecule has 1 aromatic heterocycles. The Morgan fingerprint density at radius 2 is 1.94 bits per heavy atom. The average Bonchev–Trinajstić information content (AvgIpc) is 2.40. The molecule has 2 rings (SSSR count). The van der Waals surface area contributed by atoms with Gasteiger partial charge in [0.2, 0.25) is 0 Å². The van der Waals surface area contributed by atoms with E-state index in [1.54, 1.807) is 12.4 Å². The Morgan fingerprint density at radius 3 is 2.59 bits per heavy atom. The van der Waals surface area contributed by atoms with Gasteiger partial charge in [0.05, 0.1) is 5.69 Å². The van der Waals surface area contributed by atoms with Gasteiger partial charge in [-0.2, -0.15) is 0 Å². The predicted molar refractivity (Wildman–Crippen MR) is 69.6 cm³/mol. The maximum Gasteiger partial charge on any atom is 0.0753 e. The van der Waals surface area contributed by atoms with E-state index in [9.17, 15) is 0 Å². The van der Waals surface area contributed by atoms with E-state index in [-0.39, 0.29) is 0 Å². The van der Waals surface area contributed by atoms with Gasteiger partial charge in [0, 0.05) is 30.7 Å². The third-order valence-corrected chi connectivity index (χ3v) is 3.90. The molecule has 0 spiro atoms. The molecule has 0 aliphatic heterocycles. The van der Waals surface area contributed by atoms with E-state index in [0.29, 0.717) is 12.1 Å². The number of hydrogen-bond donors (Lipinski definition) is 1. The van der Waals surface area contributed by atoms with Crippen LogP contribution in [0.4, 0.5) is 0 Å². The van der Waals surface area contributed by atoms with Gasteiger partial charge < -0.3 is 5.32 Å². The first-order valence-electron chi connectivity index (χ1n) is 6.79. The van der Waals surface area contributed by atoms with Crippen molar-refractivity contribution in [1.82, 2.24) is 15.3 Å². The van der Waals surface area contributed by atoms with E-state index >= 15 is 0 Å². The first-order chi connectivity index (χ1) is 8.27. The number of nitrogens with one attached hydrogen (secondary N) is 1. The molecule has 1 aromatic rings. The highest BCUT2D eigenvalue weighted by atomic mass is 15.0. The van der Waals surface area contributed by atoms with Gasteiger partial charge in [-0.15, -0.1) is 0 Å². The van der Waals surface area contributed by atoms with Crippen molar-refractivity contribution in [3.8, 4) is 0 Å². The van der Waals surface area contributed by atoms with Crippen molar-refractivity contribution >= 4 is 0 Å². The Bertz CT molecular complexity index is 319. The van der Waals surface area contributed by atoms with Gasteiger partial charge >= 0.3 is 0 Å². The summed E-state index contributed by atoms with van der Waals surface area (Å²) in [5, 5.41) is 3.66. The van der Waals surface area contributed by atoms with Crippen LogP contribution in [0.15, 0.2) is 18.6 Å². The molecular formula is C14H23N3. The molecule has 3 nitrogen and oxygen atoms in total. The average molecular weight is 233 g/mol. The third kappa shape index (κ3) is 3.50. The van der Waals surface area contributed by atoms with Crippen LogP contribution in [0.2, 0.25) is 0 Å². The summed E-state index contributed by atoms with van der Waals surface area (Å²) in [6.07, 6.45) is 12.3. The van der Waals surface area contributed by atoms with Crippen LogP contribution >= 0.6 is 0 Å². The molecule has 1 unspecified atom stereocenters. The van der Waals surface area contributed by atoms with Crippen LogP contribution < -0.4 is 5.32 Å². The molecule has 0 radical (unpaired) electrons. The molecule has 1 aliphatic rings. The molecule has 0 saturated heterocycles. The third-order valence-electron chi connectivity index (χ3n) is 3.90. The molecule has 3 heteroatoms. The molecule has 1 fully saturated rings. The van der Waals surface area contributed by atoms with Crippen LogP contribution in [-0.2, 0) is 0 Å². The highest BCUT2D eigenvalue weighted by Gasteiger charge is 2.21. The largest absolute Gasteiger partial charge is 0.306 e. The van der Waals surface area contributed by atoms with E-state index in [4.69, 9.17) is 0 Å². The quantitative estimate of drug-likeness (QED) is 0.868. The van der Waals surface area contributed by atoms with Gasteiger partial charge in [-0.25, -0.2) is 0 Å². The van der Waals surface area contributed by atoms with E-state index in [2.05, 4.69) is 29.1 Å². The zero-order chi connectivity index (χ0) is 12.1. The van der Waals surface area contributed by atoms with E-state index in [0.717, 1.165) is 11.6 Å². The second-order valence-electron chi connectivity index (χ2n) is 5.21. The zero-order valence-electron chi connectivity index (χ0n) is 10.9. The summed E-state index contributed by atoms with van der Waals surface area (Å²) in [7, 11) is 0. The lowest BCUT2D eigenvalue weighted by molar-refractivity contribution is 0.267. The normalized spacial score (nSPS) is 21.1. The summed E-state index contributed by atoms with van der Waals surface area (Å²) in [6, 6.07) is 0.868. The van der Waals surface area contributed by atoms with Crippen LogP contribution in [0.1, 0.15) is 57.7 Å². The fourth-order valence-corrected chi connectivity index (χ4v) is 2.78. The summed E-state index contributed by atoms with van der Waals surface area (Å²) >= 11 is 0. The zero-order valence-corrected chi connectivity index (χ0v) is 10.9. The molecule has 17 heavy (non-hydrogen) atoms. The van der Waals surface area contributed by atoms with Crippen molar-refractivity contribution in [2.24, 2.45) is 5.92 Å². The lowest BCUT2D eigenvalue weighted by Crippen LogP contribution is -2.36. The topological polar surface area (TPSA) is 37.8 Å². The summed E-state index contributed by atoms with van der Waals surface area (Å²) in [5.41, 5.74) is 1.04. The highest BCUT2D eigenvalue weighted by Crippen LogP contribution is 2.27. The first kappa shape index (κ1) is 12.5. The van der Waals surface area contributed by atoms with Gasteiger partial charge in [-0.1, -0.05) is 19.3 Å². The maximum absolute atomic E-state index is 4.35. The van der Waals surface area contributed by atoms with Crippen LogP contribution in [0.5, 0.6) is 0 Å². The first-order valence-corrected chi connectivity index (χ1v) is 6.79. The standard InChI is InChI=1S/C14H23N3/c1-11(13-6-4-3-5-7-13)17-12(2)14-10-15-8-9-16-14/h8-13,17H,3-7H2,1-2H3/t11-,12?/m0/s1. The lowest BCUT2D eigenvalue weighted by Gasteiger charge is -2.30. The molecule has 1 aliphatic carbocycles.